The van der Waals surface area contributed by atoms with Crippen molar-refractivity contribution in [2.24, 2.45) is 5.92 Å². The van der Waals surface area contributed by atoms with Gasteiger partial charge in [0, 0.05) is 18.2 Å². The Bertz CT molecular complexity index is 408. The third-order valence-corrected chi connectivity index (χ3v) is 4.52. The molecule has 1 aromatic carbocycles. The van der Waals surface area contributed by atoms with Crippen molar-refractivity contribution in [2.75, 3.05) is 6.54 Å². The highest BCUT2D eigenvalue weighted by atomic mass is 16.2. The lowest BCUT2D eigenvalue weighted by Crippen LogP contribution is -2.39. The van der Waals surface area contributed by atoms with Crippen molar-refractivity contribution in [3.63, 3.8) is 0 Å². The van der Waals surface area contributed by atoms with Crippen LogP contribution in [0.5, 0.6) is 0 Å². The van der Waals surface area contributed by atoms with Gasteiger partial charge in [0.15, 0.2) is 0 Å². The minimum absolute atomic E-state index is 0.241. The van der Waals surface area contributed by atoms with Gasteiger partial charge in [0.1, 0.15) is 0 Å². The van der Waals surface area contributed by atoms with Gasteiger partial charge in [0.05, 0.1) is 0 Å². The SMILES string of the molecule is O=C(c1ccccc1)N1CCCC1C1CCCC1. The fraction of sp³-hybridized carbons (Fsp3) is 0.562. The second-order valence-corrected chi connectivity index (χ2v) is 5.62. The highest BCUT2D eigenvalue weighted by Gasteiger charge is 2.35. The van der Waals surface area contributed by atoms with Crippen LogP contribution < -0.4 is 0 Å². The Kier molecular flexibility index (Phi) is 3.35. The Morgan fingerprint density at radius 1 is 1.00 bits per heavy atom. The Morgan fingerprint density at radius 2 is 1.72 bits per heavy atom. The number of hydrogen-bond donors (Lipinski definition) is 0. The third kappa shape index (κ3) is 2.16. The molecule has 1 saturated carbocycles. The molecule has 1 aliphatic heterocycles. The fourth-order valence-corrected chi connectivity index (χ4v) is 3.62. The standard InChI is InChI=1S/C16H21NO/c18-16(14-9-2-1-3-10-14)17-12-6-11-15(17)13-7-4-5-8-13/h1-3,9-10,13,15H,4-8,11-12H2. The number of likely N-dealkylation sites (tertiary alicyclic amines) is 1. The Labute approximate surface area is 109 Å². The van der Waals surface area contributed by atoms with Crippen LogP contribution >= 0.6 is 0 Å². The molecule has 0 bridgehead atoms. The van der Waals surface area contributed by atoms with Gasteiger partial charge in [-0.1, -0.05) is 31.0 Å². The molecule has 1 saturated heterocycles. The molecule has 1 heterocycles. The minimum atomic E-state index is 0.241. The zero-order valence-corrected chi connectivity index (χ0v) is 10.8. The van der Waals surface area contributed by atoms with Gasteiger partial charge in [-0.25, -0.2) is 0 Å². The van der Waals surface area contributed by atoms with Gasteiger partial charge in [-0.2, -0.15) is 0 Å². The summed E-state index contributed by atoms with van der Waals surface area (Å²) in [6, 6.07) is 10.3. The largest absolute Gasteiger partial charge is 0.335 e. The predicted octanol–water partition coefficient (Wildman–Crippen LogP) is 3.48. The van der Waals surface area contributed by atoms with Crippen molar-refractivity contribution >= 4 is 5.91 Å². The molecule has 18 heavy (non-hydrogen) atoms. The lowest BCUT2D eigenvalue weighted by molar-refractivity contribution is 0.0689. The van der Waals surface area contributed by atoms with E-state index in [1.807, 2.05) is 30.3 Å². The maximum Gasteiger partial charge on any atom is 0.254 e. The second-order valence-electron chi connectivity index (χ2n) is 5.62. The van der Waals surface area contributed by atoms with E-state index in [0.29, 0.717) is 6.04 Å². The van der Waals surface area contributed by atoms with Crippen LogP contribution in [-0.4, -0.2) is 23.4 Å². The van der Waals surface area contributed by atoms with E-state index in [2.05, 4.69) is 4.90 Å². The number of hydrogen-bond acceptors (Lipinski definition) is 1. The summed E-state index contributed by atoms with van der Waals surface area (Å²) in [6.45, 7) is 0.953. The van der Waals surface area contributed by atoms with Crippen molar-refractivity contribution in [3.05, 3.63) is 35.9 Å². The van der Waals surface area contributed by atoms with E-state index in [9.17, 15) is 4.79 Å². The number of nitrogens with zero attached hydrogens (tertiary/aromatic N) is 1. The highest BCUT2D eigenvalue weighted by Crippen LogP contribution is 2.35. The van der Waals surface area contributed by atoms with Gasteiger partial charge in [-0.3, -0.25) is 4.79 Å². The molecular weight excluding hydrogens is 222 g/mol. The molecule has 2 heteroatoms. The molecule has 1 aromatic rings. The van der Waals surface area contributed by atoms with E-state index < -0.39 is 0 Å². The number of carbonyl (C=O) groups excluding carboxylic acids is 1. The van der Waals surface area contributed by atoms with Gasteiger partial charge in [-0.15, -0.1) is 0 Å². The molecule has 0 radical (unpaired) electrons. The van der Waals surface area contributed by atoms with Gasteiger partial charge < -0.3 is 4.90 Å². The molecule has 0 aromatic heterocycles. The van der Waals surface area contributed by atoms with Gasteiger partial charge in [-0.05, 0) is 43.7 Å². The monoisotopic (exact) mass is 243 g/mol. The molecule has 1 unspecified atom stereocenters. The fourth-order valence-electron chi connectivity index (χ4n) is 3.62. The van der Waals surface area contributed by atoms with Gasteiger partial charge in [0.2, 0.25) is 0 Å². The molecule has 2 fully saturated rings. The van der Waals surface area contributed by atoms with Crippen molar-refractivity contribution < 1.29 is 4.79 Å². The van der Waals surface area contributed by atoms with E-state index in [0.717, 1.165) is 18.0 Å². The number of amides is 1. The van der Waals surface area contributed by atoms with E-state index in [-0.39, 0.29) is 5.91 Å². The van der Waals surface area contributed by atoms with Crippen LogP contribution in [0, 0.1) is 5.92 Å². The number of carbonyl (C=O) groups is 1. The van der Waals surface area contributed by atoms with Crippen LogP contribution in [0.25, 0.3) is 0 Å². The summed E-state index contributed by atoms with van der Waals surface area (Å²) in [6.07, 6.45) is 7.75. The first-order valence-corrected chi connectivity index (χ1v) is 7.22. The third-order valence-electron chi connectivity index (χ3n) is 4.52. The summed E-state index contributed by atoms with van der Waals surface area (Å²) < 4.78 is 0. The van der Waals surface area contributed by atoms with Crippen LogP contribution in [0.1, 0.15) is 48.9 Å². The van der Waals surface area contributed by atoms with Crippen LogP contribution in [0.4, 0.5) is 0 Å². The first-order chi connectivity index (χ1) is 8.86. The summed E-state index contributed by atoms with van der Waals surface area (Å²) in [7, 11) is 0. The molecule has 2 nitrogen and oxygen atoms in total. The zero-order valence-electron chi connectivity index (χ0n) is 10.8. The van der Waals surface area contributed by atoms with Gasteiger partial charge >= 0.3 is 0 Å². The molecule has 1 amide bonds. The molecule has 0 spiro atoms. The molecule has 2 aliphatic rings. The van der Waals surface area contributed by atoms with E-state index >= 15 is 0 Å². The molecule has 0 N–H and O–H groups in total. The summed E-state index contributed by atoms with van der Waals surface area (Å²) in [5.74, 6) is 1.00. The van der Waals surface area contributed by atoms with E-state index in [4.69, 9.17) is 0 Å². The summed E-state index contributed by atoms with van der Waals surface area (Å²) in [5.41, 5.74) is 0.849. The van der Waals surface area contributed by atoms with Crippen molar-refractivity contribution in [1.82, 2.24) is 4.90 Å². The Hall–Kier alpha value is -1.31. The lowest BCUT2D eigenvalue weighted by Gasteiger charge is -2.29. The Morgan fingerprint density at radius 3 is 2.44 bits per heavy atom. The normalized spacial score (nSPS) is 24.7. The number of rotatable bonds is 2. The molecule has 1 atom stereocenters. The summed E-state index contributed by atoms with van der Waals surface area (Å²) in [5, 5.41) is 0. The van der Waals surface area contributed by atoms with E-state index in [1.165, 1.54) is 38.5 Å². The first kappa shape index (κ1) is 11.8. The molecule has 3 rings (SSSR count). The summed E-state index contributed by atoms with van der Waals surface area (Å²) >= 11 is 0. The maximum atomic E-state index is 12.5. The van der Waals surface area contributed by atoms with Crippen LogP contribution in [-0.2, 0) is 0 Å². The van der Waals surface area contributed by atoms with E-state index in [1.54, 1.807) is 0 Å². The van der Waals surface area contributed by atoms with Crippen molar-refractivity contribution in [1.29, 1.82) is 0 Å². The average Bonchev–Trinajstić information content (AvgIpc) is 3.09. The van der Waals surface area contributed by atoms with Crippen molar-refractivity contribution in [2.45, 2.75) is 44.6 Å². The highest BCUT2D eigenvalue weighted by molar-refractivity contribution is 5.94. The summed E-state index contributed by atoms with van der Waals surface area (Å²) in [4.78, 5) is 14.7. The minimum Gasteiger partial charge on any atom is -0.335 e. The van der Waals surface area contributed by atoms with Crippen LogP contribution in [0.15, 0.2) is 30.3 Å². The Balaban J connectivity index is 1.76. The molecular formula is C16H21NO. The van der Waals surface area contributed by atoms with Crippen molar-refractivity contribution in [3.8, 4) is 0 Å². The topological polar surface area (TPSA) is 20.3 Å². The molecule has 1 aliphatic carbocycles. The first-order valence-electron chi connectivity index (χ1n) is 7.22. The second kappa shape index (κ2) is 5.13. The predicted molar refractivity (Wildman–Crippen MR) is 72.5 cm³/mol. The lowest BCUT2D eigenvalue weighted by atomic mass is 9.95. The smallest absolute Gasteiger partial charge is 0.254 e. The maximum absolute atomic E-state index is 12.5. The number of benzene rings is 1. The molecule has 96 valence electrons. The quantitative estimate of drug-likeness (QED) is 0.778. The van der Waals surface area contributed by atoms with Crippen LogP contribution in [0.2, 0.25) is 0 Å². The van der Waals surface area contributed by atoms with Gasteiger partial charge in [0.25, 0.3) is 5.91 Å². The average molecular weight is 243 g/mol. The van der Waals surface area contributed by atoms with Crippen LogP contribution in [0.3, 0.4) is 0 Å². The zero-order chi connectivity index (χ0) is 12.4.